The molecule has 9 nitrogen and oxygen atoms in total. The monoisotopic (exact) mass is 526 g/mol. The number of imidazole rings is 1. The zero-order valence-electron chi connectivity index (χ0n) is 19.8. The minimum atomic E-state index is -5.08. The molecule has 4 heterocycles. The van der Waals surface area contributed by atoms with E-state index < -0.39 is 18.6 Å². The highest BCUT2D eigenvalue weighted by Crippen LogP contribution is 2.35. The number of carboxylic acid groups (broad SMARTS) is 1. The van der Waals surface area contributed by atoms with Crippen molar-refractivity contribution in [1.82, 2.24) is 29.5 Å². The quantitative estimate of drug-likeness (QED) is 0.379. The maximum Gasteiger partial charge on any atom is 0.490 e. The van der Waals surface area contributed by atoms with Crippen LogP contribution in [0.4, 0.5) is 22.0 Å². The first-order valence-electron chi connectivity index (χ1n) is 11.3. The van der Waals surface area contributed by atoms with Crippen LogP contribution in [0.25, 0.3) is 21.9 Å². The number of rotatable bonds is 4. The third kappa shape index (κ3) is 5.84. The van der Waals surface area contributed by atoms with Crippen molar-refractivity contribution in [3.8, 4) is 0 Å². The Morgan fingerprint density at radius 1 is 1.27 bits per heavy atom. The average molecular weight is 526 g/mol. The van der Waals surface area contributed by atoms with Crippen molar-refractivity contribution < 1.29 is 36.6 Å². The number of hydrogen-bond acceptors (Lipinski definition) is 6. The summed E-state index contributed by atoms with van der Waals surface area (Å²) >= 11 is 0. The molecular weight excluding hydrogens is 503 g/mol. The molecule has 14 heteroatoms. The molecule has 37 heavy (non-hydrogen) atoms. The van der Waals surface area contributed by atoms with Gasteiger partial charge in [0.05, 0.1) is 29.0 Å². The number of nitrogens with zero attached hydrogens (tertiary/aromatic N) is 6. The molecule has 0 spiro atoms. The van der Waals surface area contributed by atoms with Crippen LogP contribution < -0.4 is 0 Å². The molecule has 4 aromatic rings. The van der Waals surface area contributed by atoms with E-state index >= 15 is 0 Å². The van der Waals surface area contributed by atoms with Crippen LogP contribution in [0, 0.1) is 6.92 Å². The van der Waals surface area contributed by atoms with Gasteiger partial charge in [0.1, 0.15) is 17.9 Å². The molecule has 0 bridgehead atoms. The largest absolute Gasteiger partial charge is 0.490 e. The number of hydrogen-bond donors (Lipinski definition) is 1. The van der Waals surface area contributed by atoms with E-state index in [0.717, 1.165) is 29.9 Å². The summed E-state index contributed by atoms with van der Waals surface area (Å²) in [6, 6.07) is 4.78. The van der Waals surface area contributed by atoms with Gasteiger partial charge in [-0.25, -0.2) is 23.2 Å². The summed E-state index contributed by atoms with van der Waals surface area (Å²) in [5.41, 5.74) is 3.02. The Balaban J connectivity index is 0.000000405. The minimum Gasteiger partial charge on any atom is -0.475 e. The van der Waals surface area contributed by atoms with Crippen LogP contribution in [0.2, 0.25) is 0 Å². The lowest BCUT2D eigenvalue weighted by Gasteiger charge is -2.30. The second kappa shape index (κ2) is 10.4. The van der Waals surface area contributed by atoms with E-state index in [4.69, 9.17) is 19.6 Å². The summed E-state index contributed by atoms with van der Waals surface area (Å²) in [6.07, 6.45) is -2.27. The SMILES string of the molecule is Cc1cn(Cc2nc3cnc4ccc(C(F)F)cc4c3n2[C@@H]2CCO[C@H](C)C2)nn1.O=C(O)C(F)(F)F. The Kier molecular flexibility index (Phi) is 7.39. The molecule has 5 rings (SSSR count). The standard InChI is InChI=1S/C21H22F2N6O.C2HF3O2/c1-12-10-28(27-26-12)11-19-25-18-9-24-17-4-3-14(21(22)23)8-16(17)20(18)29(19)15-5-6-30-13(2)7-15;3-2(4,5)1(6)7/h3-4,8-10,13,15,21H,5-7,11H2,1-2H3;(H,6,7)/t13-,15-;/m1./s1. The first-order valence-corrected chi connectivity index (χ1v) is 11.3. The number of ether oxygens (including phenoxy) is 1. The van der Waals surface area contributed by atoms with Crippen molar-refractivity contribution in [2.24, 2.45) is 0 Å². The Bertz CT molecular complexity index is 1420. The molecule has 1 aliphatic heterocycles. The second-order valence-corrected chi connectivity index (χ2v) is 8.69. The number of alkyl halides is 5. The average Bonchev–Trinajstić information content (AvgIpc) is 3.41. The summed E-state index contributed by atoms with van der Waals surface area (Å²) in [5.74, 6) is -1.95. The first kappa shape index (κ1) is 26.4. The molecule has 0 amide bonds. The molecule has 1 aromatic carbocycles. The highest BCUT2D eigenvalue weighted by atomic mass is 19.4. The molecule has 0 radical (unpaired) electrons. The Morgan fingerprint density at radius 3 is 2.59 bits per heavy atom. The van der Waals surface area contributed by atoms with E-state index in [-0.39, 0.29) is 17.7 Å². The number of carbonyl (C=O) groups is 1. The third-order valence-corrected chi connectivity index (χ3v) is 5.89. The van der Waals surface area contributed by atoms with Crippen molar-refractivity contribution >= 4 is 27.9 Å². The smallest absolute Gasteiger partial charge is 0.475 e. The van der Waals surface area contributed by atoms with Gasteiger partial charge in [0, 0.05) is 29.8 Å². The lowest BCUT2D eigenvalue weighted by Crippen LogP contribution is -2.27. The molecule has 1 fully saturated rings. The van der Waals surface area contributed by atoms with Crippen molar-refractivity contribution in [2.75, 3.05) is 6.61 Å². The van der Waals surface area contributed by atoms with E-state index in [1.54, 1.807) is 23.0 Å². The van der Waals surface area contributed by atoms with Crippen molar-refractivity contribution in [3.05, 3.63) is 47.7 Å². The molecule has 0 aliphatic carbocycles. The molecule has 198 valence electrons. The fourth-order valence-corrected chi connectivity index (χ4v) is 4.31. The number of benzene rings is 1. The number of aryl methyl sites for hydroxylation is 1. The summed E-state index contributed by atoms with van der Waals surface area (Å²) < 4.78 is 68.2. The minimum absolute atomic E-state index is 0.0154. The zero-order valence-corrected chi connectivity index (χ0v) is 19.8. The maximum absolute atomic E-state index is 13.4. The fraction of sp³-hybridized carbons (Fsp3) is 0.435. The number of aromatic nitrogens is 6. The molecule has 1 aliphatic rings. The van der Waals surface area contributed by atoms with E-state index in [2.05, 4.69) is 26.8 Å². The molecule has 0 saturated carbocycles. The van der Waals surface area contributed by atoms with Gasteiger partial charge in [-0.05, 0) is 38.8 Å². The van der Waals surface area contributed by atoms with Crippen molar-refractivity contribution in [3.63, 3.8) is 0 Å². The van der Waals surface area contributed by atoms with Gasteiger partial charge >= 0.3 is 12.1 Å². The summed E-state index contributed by atoms with van der Waals surface area (Å²) in [7, 11) is 0. The van der Waals surface area contributed by atoms with Gasteiger partial charge in [0.25, 0.3) is 6.43 Å². The van der Waals surface area contributed by atoms with Gasteiger partial charge in [-0.1, -0.05) is 11.3 Å². The van der Waals surface area contributed by atoms with Crippen LogP contribution in [0.15, 0.2) is 30.6 Å². The fourth-order valence-electron chi connectivity index (χ4n) is 4.31. The Labute approximate surface area is 206 Å². The number of aliphatic carboxylic acids is 1. The number of carboxylic acids is 1. The van der Waals surface area contributed by atoms with Gasteiger partial charge < -0.3 is 14.4 Å². The number of pyridine rings is 1. The number of fused-ring (bicyclic) bond motifs is 3. The summed E-state index contributed by atoms with van der Waals surface area (Å²) in [4.78, 5) is 18.2. The van der Waals surface area contributed by atoms with Gasteiger partial charge in [-0.15, -0.1) is 5.10 Å². The molecule has 3 aromatic heterocycles. The van der Waals surface area contributed by atoms with Crippen LogP contribution in [0.5, 0.6) is 0 Å². The second-order valence-electron chi connectivity index (χ2n) is 8.69. The van der Waals surface area contributed by atoms with Gasteiger partial charge in [-0.3, -0.25) is 4.98 Å². The van der Waals surface area contributed by atoms with Crippen LogP contribution in [-0.4, -0.2) is 59.5 Å². The van der Waals surface area contributed by atoms with E-state index in [1.807, 2.05) is 13.1 Å². The predicted octanol–water partition coefficient (Wildman–Crippen LogP) is 4.84. The highest BCUT2D eigenvalue weighted by Gasteiger charge is 2.38. The van der Waals surface area contributed by atoms with E-state index in [0.29, 0.717) is 29.6 Å². The predicted molar refractivity (Wildman–Crippen MR) is 121 cm³/mol. The zero-order chi connectivity index (χ0) is 26.9. The van der Waals surface area contributed by atoms with Crippen molar-refractivity contribution in [1.29, 1.82) is 0 Å². The number of halogens is 5. The first-order chi connectivity index (χ1) is 17.4. The Hall–Kier alpha value is -3.68. The molecule has 2 atom stereocenters. The molecule has 1 N–H and O–H groups in total. The molecule has 0 unspecified atom stereocenters. The molecule has 1 saturated heterocycles. The van der Waals surface area contributed by atoms with E-state index in [9.17, 15) is 22.0 Å². The van der Waals surface area contributed by atoms with Crippen LogP contribution >= 0.6 is 0 Å². The topological polar surface area (TPSA) is 108 Å². The summed E-state index contributed by atoms with van der Waals surface area (Å²) in [6.45, 7) is 5.03. The van der Waals surface area contributed by atoms with Crippen LogP contribution in [0.1, 0.15) is 49.3 Å². The van der Waals surface area contributed by atoms with Gasteiger partial charge in [-0.2, -0.15) is 13.2 Å². The molecular formula is C23H23F5N6O3. The maximum atomic E-state index is 13.4. The van der Waals surface area contributed by atoms with Gasteiger partial charge in [0.2, 0.25) is 0 Å². The lowest BCUT2D eigenvalue weighted by molar-refractivity contribution is -0.192. The van der Waals surface area contributed by atoms with E-state index in [1.165, 1.54) is 6.07 Å². The van der Waals surface area contributed by atoms with Crippen LogP contribution in [-0.2, 0) is 16.1 Å². The van der Waals surface area contributed by atoms with Crippen molar-refractivity contribution in [2.45, 2.75) is 58.0 Å². The Morgan fingerprint density at radius 2 is 2.00 bits per heavy atom. The van der Waals surface area contributed by atoms with Gasteiger partial charge in [0.15, 0.2) is 0 Å². The highest BCUT2D eigenvalue weighted by molar-refractivity contribution is 6.02. The lowest BCUT2D eigenvalue weighted by atomic mass is 10.0. The van der Waals surface area contributed by atoms with Crippen LogP contribution in [0.3, 0.4) is 0 Å². The third-order valence-electron chi connectivity index (χ3n) is 5.89. The summed E-state index contributed by atoms with van der Waals surface area (Å²) in [5, 5.41) is 16.0. The normalized spacial score (nSPS) is 18.3.